The third-order valence-electron chi connectivity index (χ3n) is 6.22. The molecule has 0 spiro atoms. The van der Waals surface area contributed by atoms with Crippen molar-refractivity contribution in [2.24, 2.45) is 0 Å². The number of ether oxygens (including phenoxy) is 1. The highest BCUT2D eigenvalue weighted by atomic mass is 32.2. The van der Waals surface area contributed by atoms with Gasteiger partial charge in [-0.1, -0.05) is 25.1 Å². The zero-order valence-corrected chi connectivity index (χ0v) is 20.4. The van der Waals surface area contributed by atoms with E-state index in [1.165, 1.54) is 0 Å². The van der Waals surface area contributed by atoms with Crippen LogP contribution in [0.3, 0.4) is 0 Å². The number of aromatic nitrogens is 4. The van der Waals surface area contributed by atoms with Crippen molar-refractivity contribution < 1.29 is 4.74 Å². The normalized spacial score (nSPS) is 15.4. The first kappa shape index (κ1) is 22.8. The Labute approximate surface area is 194 Å². The summed E-state index contributed by atoms with van der Waals surface area (Å²) < 4.78 is 5.59. The van der Waals surface area contributed by atoms with E-state index in [1.54, 1.807) is 11.8 Å². The maximum atomic E-state index is 5.59. The van der Waals surface area contributed by atoms with Crippen molar-refractivity contribution in [2.45, 2.75) is 31.2 Å². The molecule has 0 atom stereocenters. The molecule has 4 rings (SSSR count). The number of hydrogen-bond donors (Lipinski definition) is 1. The number of H-pyrrole nitrogens is 1. The number of morpholine rings is 1. The van der Waals surface area contributed by atoms with Gasteiger partial charge in [-0.25, -0.2) is 9.97 Å². The van der Waals surface area contributed by atoms with Crippen molar-refractivity contribution in [3.63, 3.8) is 0 Å². The Balaban J connectivity index is 1.87. The predicted octanol–water partition coefficient (Wildman–Crippen LogP) is 4.32. The zero-order valence-electron chi connectivity index (χ0n) is 19.6. The fraction of sp³-hybridized carbons (Fsp3) is 0.458. The molecular formula is C24H32N6OS. The van der Waals surface area contributed by atoms with Gasteiger partial charge in [-0.2, -0.15) is 5.10 Å². The van der Waals surface area contributed by atoms with E-state index in [4.69, 9.17) is 14.7 Å². The fourth-order valence-electron chi connectivity index (χ4n) is 3.85. The molecule has 8 heteroatoms. The van der Waals surface area contributed by atoms with E-state index in [2.05, 4.69) is 72.3 Å². The van der Waals surface area contributed by atoms with Crippen LogP contribution in [-0.4, -0.2) is 76.8 Å². The number of anilines is 1. The van der Waals surface area contributed by atoms with Gasteiger partial charge in [0.2, 0.25) is 0 Å². The Bertz CT molecular complexity index is 1100. The Morgan fingerprint density at radius 2 is 2.03 bits per heavy atom. The fourth-order valence-corrected chi connectivity index (χ4v) is 4.54. The number of likely N-dealkylation sites (N-methyl/N-ethyl adjacent to an activating group) is 1. The van der Waals surface area contributed by atoms with Crippen LogP contribution in [0.15, 0.2) is 35.4 Å². The number of nitrogens with zero attached hydrogens (tertiary/aromatic N) is 5. The summed E-state index contributed by atoms with van der Waals surface area (Å²) in [6, 6.07) is 6.11. The van der Waals surface area contributed by atoms with E-state index >= 15 is 0 Å². The molecular weight excluding hydrogens is 420 g/mol. The molecule has 1 fully saturated rings. The first-order valence-electron chi connectivity index (χ1n) is 11.1. The lowest BCUT2D eigenvalue weighted by Gasteiger charge is -2.32. The number of rotatable bonds is 7. The van der Waals surface area contributed by atoms with Gasteiger partial charge in [0.1, 0.15) is 5.82 Å². The van der Waals surface area contributed by atoms with Crippen LogP contribution in [0.25, 0.3) is 28.4 Å². The second-order valence-electron chi connectivity index (χ2n) is 8.53. The summed E-state index contributed by atoms with van der Waals surface area (Å²) in [6.45, 7) is 10.7. The van der Waals surface area contributed by atoms with Gasteiger partial charge in [-0.3, -0.25) is 10.00 Å². The lowest BCUT2D eigenvalue weighted by molar-refractivity contribution is 0.122. The minimum Gasteiger partial charge on any atom is -0.378 e. The summed E-state index contributed by atoms with van der Waals surface area (Å²) in [4.78, 5) is 15.9. The molecule has 0 radical (unpaired) electrons. The average Bonchev–Trinajstić information content (AvgIpc) is 3.31. The number of fused-ring (bicyclic) bond motifs is 1. The summed E-state index contributed by atoms with van der Waals surface area (Å²) >= 11 is 1.70. The van der Waals surface area contributed by atoms with Gasteiger partial charge in [0.25, 0.3) is 0 Å². The molecule has 1 aromatic carbocycles. The first-order valence-corrected chi connectivity index (χ1v) is 12.3. The van der Waals surface area contributed by atoms with E-state index in [9.17, 15) is 0 Å². The SMILES string of the molecule is CCN(C)C(C)(C)/C=C/c1nc(-c2cccc3[nH]ncc23)nc(N2CCOCC2)c1SC. The summed E-state index contributed by atoms with van der Waals surface area (Å²) in [6.07, 6.45) is 8.34. The van der Waals surface area contributed by atoms with Gasteiger partial charge >= 0.3 is 0 Å². The maximum absolute atomic E-state index is 5.59. The third kappa shape index (κ3) is 4.53. The molecule has 1 N–H and O–H groups in total. The van der Waals surface area contributed by atoms with Crippen molar-refractivity contribution >= 4 is 34.6 Å². The van der Waals surface area contributed by atoms with Gasteiger partial charge in [0, 0.05) is 29.6 Å². The van der Waals surface area contributed by atoms with Gasteiger partial charge < -0.3 is 9.64 Å². The minimum absolute atomic E-state index is 0.0841. The Morgan fingerprint density at radius 3 is 2.75 bits per heavy atom. The number of hydrogen-bond acceptors (Lipinski definition) is 7. The van der Waals surface area contributed by atoms with Crippen LogP contribution >= 0.6 is 11.8 Å². The highest BCUT2D eigenvalue weighted by Gasteiger charge is 2.23. The van der Waals surface area contributed by atoms with E-state index in [1.807, 2.05) is 18.3 Å². The van der Waals surface area contributed by atoms with Gasteiger partial charge in [-0.15, -0.1) is 11.8 Å². The van der Waals surface area contributed by atoms with E-state index in [0.29, 0.717) is 13.2 Å². The highest BCUT2D eigenvalue weighted by Crippen LogP contribution is 2.35. The number of aromatic amines is 1. The molecule has 0 saturated carbocycles. The van der Waals surface area contributed by atoms with Crippen molar-refractivity contribution in [2.75, 3.05) is 51.1 Å². The van der Waals surface area contributed by atoms with Crippen LogP contribution in [0.2, 0.25) is 0 Å². The number of nitrogens with one attached hydrogen (secondary N) is 1. The molecule has 3 heterocycles. The summed E-state index contributed by atoms with van der Waals surface area (Å²) in [7, 11) is 2.14. The second kappa shape index (κ2) is 9.60. The zero-order chi connectivity index (χ0) is 22.7. The predicted molar refractivity (Wildman–Crippen MR) is 133 cm³/mol. The van der Waals surface area contributed by atoms with Crippen molar-refractivity contribution in [1.29, 1.82) is 0 Å². The molecule has 1 saturated heterocycles. The third-order valence-corrected chi connectivity index (χ3v) is 7.02. The van der Waals surface area contributed by atoms with Crippen LogP contribution in [0.5, 0.6) is 0 Å². The highest BCUT2D eigenvalue weighted by molar-refractivity contribution is 7.98. The van der Waals surface area contributed by atoms with Crippen molar-refractivity contribution in [1.82, 2.24) is 25.1 Å². The second-order valence-corrected chi connectivity index (χ2v) is 9.34. The van der Waals surface area contributed by atoms with Gasteiger partial charge in [-0.05, 0) is 45.8 Å². The summed E-state index contributed by atoms with van der Waals surface area (Å²) in [5.41, 5.74) is 2.83. The molecule has 32 heavy (non-hydrogen) atoms. The Hall–Kier alpha value is -2.42. The molecule has 0 aliphatic carbocycles. The molecule has 0 amide bonds. The van der Waals surface area contributed by atoms with Crippen LogP contribution < -0.4 is 4.90 Å². The summed E-state index contributed by atoms with van der Waals surface area (Å²) in [5, 5.41) is 8.30. The Morgan fingerprint density at radius 1 is 1.25 bits per heavy atom. The van der Waals surface area contributed by atoms with E-state index < -0.39 is 0 Å². The smallest absolute Gasteiger partial charge is 0.162 e. The largest absolute Gasteiger partial charge is 0.378 e. The molecule has 0 unspecified atom stereocenters. The molecule has 2 aromatic heterocycles. The Kier molecular flexibility index (Phi) is 6.83. The summed E-state index contributed by atoms with van der Waals surface area (Å²) in [5.74, 6) is 1.70. The lowest BCUT2D eigenvalue weighted by Crippen LogP contribution is -2.39. The molecule has 3 aromatic rings. The van der Waals surface area contributed by atoms with Crippen LogP contribution in [0, 0.1) is 0 Å². The van der Waals surface area contributed by atoms with Gasteiger partial charge in [0.05, 0.1) is 35.5 Å². The quantitative estimate of drug-likeness (QED) is 0.535. The molecule has 1 aliphatic heterocycles. The monoisotopic (exact) mass is 452 g/mol. The number of benzene rings is 1. The van der Waals surface area contributed by atoms with Crippen LogP contribution in [0.1, 0.15) is 26.5 Å². The minimum atomic E-state index is -0.0841. The lowest BCUT2D eigenvalue weighted by atomic mass is 10.0. The molecule has 1 aliphatic rings. The topological polar surface area (TPSA) is 70.2 Å². The molecule has 170 valence electrons. The molecule has 0 bridgehead atoms. The van der Waals surface area contributed by atoms with Crippen LogP contribution in [-0.2, 0) is 4.74 Å². The van der Waals surface area contributed by atoms with E-state index in [0.717, 1.165) is 58.3 Å². The molecule has 7 nitrogen and oxygen atoms in total. The van der Waals surface area contributed by atoms with E-state index in [-0.39, 0.29) is 5.54 Å². The van der Waals surface area contributed by atoms with Crippen molar-refractivity contribution in [3.05, 3.63) is 36.2 Å². The average molecular weight is 453 g/mol. The maximum Gasteiger partial charge on any atom is 0.162 e. The standard InChI is InChI=1S/C24H32N6OS/c1-6-29(4)24(2,3)11-10-20-21(32-5)23(30-12-14-31-15-13-30)27-22(26-20)17-8-7-9-19-18(17)16-25-28-19/h7-11,16H,6,12-15H2,1-5H3,(H,25,28)/b11-10+. The first-order chi connectivity index (χ1) is 15.4. The number of thioether (sulfide) groups is 1. The van der Waals surface area contributed by atoms with Crippen LogP contribution in [0.4, 0.5) is 5.82 Å². The van der Waals surface area contributed by atoms with Gasteiger partial charge in [0.15, 0.2) is 5.82 Å². The van der Waals surface area contributed by atoms with Crippen molar-refractivity contribution in [3.8, 4) is 11.4 Å².